The number of hydrogen-bond donors (Lipinski definition) is 1. The van der Waals surface area contributed by atoms with E-state index in [0.717, 1.165) is 19.4 Å². The largest absolute Gasteiger partial charge is 0.507 e. The number of phenols is 1. The highest BCUT2D eigenvalue weighted by Gasteiger charge is 2.19. The molecule has 19 heavy (non-hydrogen) atoms. The summed E-state index contributed by atoms with van der Waals surface area (Å²) in [5, 5.41) is 13.6. The third-order valence-electron chi connectivity index (χ3n) is 3.10. The van der Waals surface area contributed by atoms with E-state index in [2.05, 4.69) is 26.1 Å². The van der Waals surface area contributed by atoms with Gasteiger partial charge in [0, 0.05) is 18.6 Å². The van der Waals surface area contributed by atoms with Crippen molar-refractivity contribution in [3.8, 4) is 17.2 Å². The molecule has 1 aromatic carbocycles. The van der Waals surface area contributed by atoms with Gasteiger partial charge in [0.25, 0.3) is 5.89 Å². The first kappa shape index (κ1) is 12.6. The Kier molecular flexibility index (Phi) is 3.52. The number of nitrogens with zero attached hydrogens (tertiary/aromatic N) is 2. The van der Waals surface area contributed by atoms with Gasteiger partial charge >= 0.3 is 0 Å². The lowest BCUT2D eigenvalue weighted by molar-refractivity contribution is 0.109. The molecular weight excluding hydrogens is 312 g/mol. The number of hydrogen-bond acceptors (Lipinski definition) is 5. The van der Waals surface area contributed by atoms with E-state index in [-0.39, 0.29) is 11.9 Å². The van der Waals surface area contributed by atoms with Crippen molar-refractivity contribution in [1.29, 1.82) is 0 Å². The Morgan fingerprint density at radius 1 is 1.42 bits per heavy atom. The Labute approximate surface area is 118 Å². The summed E-state index contributed by atoms with van der Waals surface area (Å²) in [5.41, 5.74) is 0.701. The summed E-state index contributed by atoms with van der Waals surface area (Å²) in [5.74, 6) is 1.21. The molecule has 100 valence electrons. The van der Waals surface area contributed by atoms with Crippen molar-refractivity contribution in [2.24, 2.45) is 0 Å². The van der Waals surface area contributed by atoms with Crippen LogP contribution in [0.3, 0.4) is 0 Å². The minimum Gasteiger partial charge on any atom is -0.507 e. The van der Waals surface area contributed by atoms with Crippen molar-refractivity contribution < 1.29 is 14.4 Å². The zero-order valence-corrected chi connectivity index (χ0v) is 11.8. The second-order valence-electron chi connectivity index (χ2n) is 4.52. The standard InChI is InChI=1S/C13H13BrN2O3/c14-10-4-3-8(6-11(10)17)13-15-12(16-19-13)7-9-2-1-5-18-9/h3-4,6,9,17H,1-2,5,7H2. The molecule has 1 aromatic heterocycles. The summed E-state index contributed by atoms with van der Waals surface area (Å²) in [6.07, 6.45) is 3.01. The molecule has 0 spiro atoms. The minimum atomic E-state index is 0.149. The van der Waals surface area contributed by atoms with Crippen LogP contribution in [-0.2, 0) is 11.2 Å². The van der Waals surface area contributed by atoms with Gasteiger partial charge < -0.3 is 14.4 Å². The summed E-state index contributed by atoms with van der Waals surface area (Å²) >= 11 is 3.23. The molecule has 1 aliphatic rings. The monoisotopic (exact) mass is 324 g/mol. The van der Waals surface area contributed by atoms with E-state index in [9.17, 15) is 5.11 Å². The lowest BCUT2D eigenvalue weighted by atomic mass is 10.2. The average Bonchev–Trinajstić information content (AvgIpc) is 3.05. The van der Waals surface area contributed by atoms with E-state index in [1.807, 2.05) is 6.07 Å². The molecular formula is C13H13BrN2O3. The SMILES string of the molecule is Oc1cc(-c2nc(CC3CCCO3)no2)ccc1Br. The summed E-state index contributed by atoms with van der Waals surface area (Å²) in [6.45, 7) is 0.815. The molecule has 6 heteroatoms. The molecule has 1 aliphatic heterocycles. The summed E-state index contributed by atoms with van der Waals surface area (Å²) < 4.78 is 11.4. The van der Waals surface area contributed by atoms with Crippen molar-refractivity contribution in [3.63, 3.8) is 0 Å². The smallest absolute Gasteiger partial charge is 0.258 e. The van der Waals surface area contributed by atoms with Crippen LogP contribution >= 0.6 is 15.9 Å². The first-order chi connectivity index (χ1) is 9.22. The summed E-state index contributed by atoms with van der Waals surface area (Å²) in [4.78, 5) is 4.33. The van der Waals surface area contributed by atoms with Gasteiger partial charge in [0.15, 0.2) is 5.82 Å². The van der Waals surface area contributed by atoms with E-state index in [4.69, 9.17) is 9.26 Å². The van der Waals surface area contributed by atoms with Gasteiger partial charge in [-0.2, -0.15) is 4.98 Å². The number of halogens is 1. The third kappa shape index (κ3) is 2.79. The van der Waals surface area contributed by atoms with E-state index < -0.39 is 0 Å². The Balaban J connectivity index is 1.78. The Bertz CT molecular complexity index is 579. The second-order valence-corrected chi connectivity index (χ2v) is 5.38. The normalized spacial score (nSPS) is 18.9. The molecule has 1 saturated heterocycles. The van der Waals surface area contributed by atoms with Crippen LogP contribution < -0.4 is 0 Å². The van der Waals surface area contributed by atoms with Crippen molar-refractivity contribution in [1.82, 2.24) is 10.1 Å². The van der Waals surface area contributed by atoms with Gasteiger partial charge in [-0.25, -0.2) is 0 Å². The molecule has 0 amide bonds. The molecule has 0 radical (unpaired) electrons. The van der Waals surface area contributed by atoms with Crippen molar-refractivity contribution in [2.75, 3.05) is 6.61 Å². The van der Waals surface area contributed by atoms with Gasteiger partial charge in [0.1, 0.15) is 5.75 Å². The van der Waals surface area contributed by atoms with Crippen molar-refractivity contribution >= 4 is 15.9 Å². The van der Waals surface area contributed by atoms with Gasteiger partial charge in [-0.05, 0) is 47.0 Å². The van der Waals surface area contributed by atoms with E-state index >= 15 is 0 Å². The average molecular weight is 325 g/mol. The Morgan fingerprint density at radius 2 is 2.32 bits per heavy atom. The molecule has 1 atom stereocenters. The van der Waals surface area contributed by atoms with E-state index in [1.165, 1.54) is 0 Å². The highest BCUT2D eigenvalue weighted by atomic mass is 79.9. The highest BCUT2D eigenvalue weighted by molar-refractivity contribution is 9.10. The molecule has 5 nitrogen and oxygen atoms in total. The number of benzene rings is 1. The fraction of sp³-hybridized carbons (Fsp3) is 0.385. The molecule has 2 aromatic rings. The van der Waals surface area contributed by atoms with Crippen LogP contribution in [0.25, 0.3) is 11.5 Å². The lowest BCUT2D eigenvalue weighted by Crippen LogP contribution is -2.09. The number of phenolic OH excluding ortho intramolecular Hbond substituents is 1. The van der Waals surface area contributed by atoms with Crippen LogP contribution in [0.4, 0.5) is 0 Å². The fourth-order valence-corrected chi connectivity index (χ4v) is 2.36. The van der Waals surface area contributed by atoms with Crippen LogP contribution in [0.15, 0.2) is 27.2 Å². The molecule has 1 unspecified atom stereocenters. The number of ether oxygens (including phenoxy) is 1. The molecule has 1 N–H and O–H groups in total. The topological polar surface area (TPSA) is 68.4 Å². The van der Waals surface area contributed by atoms with Gasteiger partial charge in [0.2, 0.25) is 0 Å². The summed E-state index contributed by atoms with van der Waals surface area (Å²) in [7, 11) is 0. The number of aromatic nitrogens is 2. The third-order valence-corrected chi connectivity index (χ3v) is 3.77. The zero-order valence-electron chi connectivity index (χ0n) is 10.2. The molecule has 0 aliphatic carbocycles. The number of aromatic hydroxyl groups is 1. The van der Waals surface area contributed by atoms with Crippen LogP contribution in [0.2, 0.25) is 0 Å². The van der Waals surface area contributed by atoms with Crippen LogP contribution in [-0.4, -0.2) is 28.0 Å². The molecule has 3 rings (SSSR count). The first-order valence-electron chi connectivity index (χ1n) is 6.15. The van der Waals surface area contributed by atoms with Crippen LogP contribution in [0, 0.1) is 0 Å². The minimum absolute atomic E-state index is 0.149. The molecule has 0 bridgehead atoms. The predicted molar refractivity (Wildman–Crippen MR) is 71.8 cm³/mol. The Morgan fingerprint density at radius 3 is 3.05 bits per heavy atom. The van der Waals surface area contributed by atoms with Crippen molar-refractivity contribution in [3.05, 3.63) is 28.5 Å². The lowest BCUT2D eigenvalue weighted by Gasteiger charge is -2.03. The van der Waals surface area contributed by atoms with Gasteiger partial charge in [0.05, 0.1) is 10.6 Å². The summed E-state index contributed by atoms with van der Waals surface area (Å²) in [6, 6.07) is 5.15. The molecule has 2 heterocycles. The maximum absolute atomic E-state index is 9.64. The van der Waals surface area contributed by atoms with Gasteiger partial charge in [-0.15, -0.1) is 0 Å². The zero-order chi connectivity index (χ0) is 13.2. The van der Waals surface area contributed by atoms with Crippen LogP contribution in [0.1, 0.15) is 18.7 Å². The highest BCUT2D eigenvalue weighted by Crippen LogP contribution is 2.29. The quantitative estimate of drug-likeness (QED) is 0.940. The number of rotatable bonds is 3. The predicted octanol–water partition coefficient (Wildman–Crippen LogP) is 2.93. The molecule has 0 saturated carbocycles. The Hall–Kier alpha value is -1.40. The maximum Gasteiger partial charge on any atom is 0.258 e. The van der Waals surface area contributed by atoms with Crippen LogP contribution in [0.5, 0.6) is 5.75 Å². The van der Waals surface area contributed by atoms with Gasteiger partial charge in [-0.3, -0.25) is 0 Å². The molecule has 1 fully saturated rings. The maximum atomic E-state index is 9.64. The van der Waals surface area contributed by atoms with Gasteiger partial charge in [-0.1, -0.05) is 5.16 Å². The van der Waals surface area contributed by atoms with Crippen molar-refractivity contribution in [2.45, 2.75) is 25.4 Å². The van der Waals surface area contributed by atoms with E-state index in [0.29, 0.717) is 28.2 Å². The van der Waals surface area contributed by atoms with E-state index in [1.54, 1.807) is 12.1 Å². The first-order valence-corrected chi connectivity index (χ1v) is 6.95. The second kappa shape index (κ2) is 5.30. The fourth-order valence-electron chi connectivity index (χ4n) is 2.11.